The second-order valence-electron chi connectivity index (χ2n) is 4.98. The second kappa shape index (κ2) is 4.81. The maximum Gasteiger partial charge on any atom is 0.0737 e. The van der Waals surface area contributed by atoms with Crippen LogP contribution < -0.4 is 0 Å². The predicted octanol–water partition coefficient (Wildman–Crippen LogP) is 3.84. The maximum absolute atomic E-state index is 4.53. The lowest BCUT2D eigenvalue weighted by Gasteiger charge is -2.08. The third-order valence-electron chi connectivity index (χ3n) is 3.28. The minimum Gasteiger partial charge on any atom is -0.262 e. The van der Waals surface area contributed by atoms with E-state index in [1.165, 1.54) is 22.1 Å². The van der Waals surface area contributed by atoms with Gasteiger partial charge in [-0.2, -0.15) is 0 Å². The van der Waals surface area contributed by atoms with Crippen molar-refractivity contribution in [3.63, 3.8) is 0 Å². The van der Waals surface area contributed by atoms with Gasteiger partial charge in [0.1, 0.15) is 0 Å². The van der Waals surface area contributed by atoms with Gasteiger partial charge in [-0.3, -0.25) is 9.97 Å². The van der Waals surface area contributed by atoms with Crippen LogP contribution in [0.3, 0.4) is 0 Å². The van der Waals surface area contributed by atoms with Crippen molar-refractivity contribution in [1.82, 2.24) is 9.97 Å². The number of fused-ring (bicyclic) bond motifs is 1. The molecule has 2 nitrogen and oxygen atoms in total. The van der Waals surface area contributed by atoms with Crippen LogP contribution in [-0.2, 0) is 6.42 Å². The van der Waals surface area contributed by atoms with Crippen molar-refractivity contribution >= 4 is 10.9 Å². The topological polar surface area (TPSA) is 25.8 Å². The lowest BCUT2D eigenvalue weighted by atomic mass is 10.00. The van der Waals surface area contributed by atoms with Gasteiger partial charge in [0.15, 0.2) is 0 Å². The van der Waals surface area contributed by atoms with Crippen LogP contribution >= 0.6 is 0 Å². The van der Waals surface area contributed by atoms with Crippen LogP contribution in [0, 0.1) is 13.8 Å². The normalized spacial score (nSPS) is 10.8. The minimum atomic E-state index is 0.901. The van der Waals surface area contributed by atoms with Crippen molar-refractivity contribution in [2.45, 2.75) is 20.3 Å². The van der Waals surface area contributed by atoms with E-state index in [9.17, 15) is 0 Å². The van der Waals surface area contributed by atoms with Crippen molar-refractivity contribution in [3.05, 3.63) is 71.2 Å². The van der Waals surface area contributed by atoms with Gasteiger partial charge in [-0.15, -0.1) is 0 Å². The van der Waals surface area contributed by atoms with E-state index in [2.05, 4.69) is 47.2 Å². The first-order chi connectivity index (χ1) is 9.22. The first kappa shape index (κ1) is 11.8. The van der Waals surface area contributed by atoms with E-state index in [0.29, 0.717) is 0 Å². The molecule has 3 aromatic rings. The van der Waals surface area contributed by atoms with Crippen LogP contribution in [0.15, 0.2) is 48.8 Å². The highest BCUT2D eigenvalue weighted by atomic mass is 14.7. The first-order valence-electron chi connectivity index (χ1n) is 6.48. The van der Waals surface area contributed by atoms with Crippen molar-refractivity contribution in [2.75, 3.05) is 0 Å². The monoisotopic (exact) mass is 248 g/mol. The highest BCUT2D eigenvalue weighted by Gasteiger charge is 2.05. The maximum atomic E-state index is 4.53. The Morgan fingerprint density at radius 2 is 1.84 bits per heavy atom. The van der Waals surface area contributed by atoms with Crippen LogP contribution in [0.4, 0.5) is 0 Å². The fourth-order valence-electron chi connectivity index (χ4n) is 2.50. The van der Waals surface area contributed by atoms with E-state index < -0.39 is 0 Å². The van der Waals surface area contributed by atoms with Gasteiger partial charge >= 0.3 is 0 Å². The largest absolute Gasteiger partial charge is 0.262 e. The molecule has 0 spiro atoms. The zero-order chi connectivity index (χ0) is 13.2. The summed E-state index contributed by atoms with van der Waals surface area (Å²) in [6, 6.07) is 12.7. The summed E-state index contributed by atoms with van der Waals surface area (Å²) in [4.78, 5) is 8.77. The third-order valence-corrected chi connectivity index (χ3v) is 3.28. The molecule has 0 N–H and O–H groups in total. The highest BCUT2D eigenvalue weighted by Crippen LogP contribution is 2.21. The summed E-state index contributed by atoms with van der Waals surface area (Å²) in [6.45, 7) is 4.16. The lowest BCUT2D eigenvalue weighted by molar-refractivity contribution is 1.12. The van der Waals surface area contributed by atoms with E-state index >= 15 is 0 Å². The van der Waals surface area contributed by atoms with Gasteiger partial charge in [0.05, 0.1) is 5.52 Å². The molecule has 0 radical (unpaired) electrons. The number of nitrogens with zero attached hydrogens (tertiary/aromatic N) is 2. The summed E-state index contributed by atoms with van der Waals surface area (Å²) in [7, 11) is 0. The highest BCUT2D eigenvalue weighted by molar-refractivity contribution is 5.82. The fourth-order valence-corrected chi connectivity index (χ4v) is 2.50. The van der Waals surface area contributed by atoms with Crippen molar-refractivity contribution in [1.29, 1.82) is 0 Å². The molecule has 0 amide bonds. The van der Waals surface area contributed by atoms with Gasteiger partial charge in [0, 0.05) is 23.5 Å². The molecule has 0 aliphatic rings. The molecule has 0 aliphatic heterocycles. The SMILES string of the molecule is Cc1cc(Cc2ccnc(C)c2)c2ncccc2c1. The number of hydrogen-bond acceptors (Lipinski definition) is 2. The second-order valence-corrected chi connectivity index (χ2v) is 4.98. The molecular formula is C17H16N2. The molecule has 2 heteroatoms. The fraction of sp³-hybridized carbons (Fsp3) is 0.176. The molecule has 94 valence electrons. The minimum absolute atomic E-state index is 0.901. The average molecular weight is 248 g/mol. The Bertz CT molecular complexity index is 732. The van der Waals surface area contributed by atoms with Crippen LogP contribution in [0.25, 0.3) is 10.9 Å². The van der Waals surface area contributed by atoms with Gasteiger partial charge in [-0.05, 0) is 55.7 Å². The Morgan fingerprint density at radius 3 is 2.68 bits per heavy atom. The molecule has 19 heavy (non-hydrogen) atoms. The number of rotatable bonds is 2. The summed E-state index contributed by atoms with van der Waals surface area (Å²) < 4.78 is 0. The molecule has 0 saturated carbocycles. The molecule has 0 fully saturated rings. The Balaban J connectivity index is 2.09. The standard InChI is InChI=1S/C17H16N2/c1-12-8-15-4-3-6-19-17(15)16(9-12)11-14-5-7-18-13(2)10-14/h3-10H,11H2,1-2H3. The van der Waals surface area contributed by atoms with Gasteiger partial charge < -0.3 is 0 Å². The van der Waals surface area contributed by atoms with Gasteiger partial charge in [0.2, 0.25) is 0 Å². The molecule has 1 aromatic carbocycles. The third kappa shape index (κ3) is 2.48. The summed E-state index contributed by atoms with van der Waals surface area (Å²) in [5, 5.41) is 1.21. The Morgan fingerprint density at radius 1 is 0.947 bits per heavy atom. The molecule has 0 bridgehead atoms. The van der Waals surface area contributed by atoms with Crippen molar-refractivity contribution < 1.29 is 0 Å². The number of pyridine rings is 2. The molecule has 0 saturated heterocycles. The summed E-state index contributed by atoms with van der Waals surface area (Å²) >= 11 is 0. The Hall–Kier alpha value is -2.22. The van der Waals surface area contributed by atoms with Crippen LogP contribution in [-0.4, -0.2) is 9.97 Å². The zero-order valence-electron chi connectivity index (χ0n) is 11.2. The van der Waals surface area contributed by atoms with Crippen molar-refractivity contribution in [3.8, 4) is 0 Å². The molecule has 3 rings (SSSR count). The first-order valence-corrected chi connectivity index (χ1v) is 6.48. The molecule has 0 unspecified atom stereocenters. The molecule has 0 atom stereocenters. The molecule has 2 heterocycles. The molecule has 0 aliphatic carbocycles. The molecular weight excluding hydrogens is 232 g/mol. The summed E-state index contributed by atoms with van der Waals surface area (Å²) in [5.74, 6) is 0. The predicted molar refractivity (Wildman–Crippen MR) is 78.3 cm³/mol. The lowest BCUT2D eigenvalue weighted by Crippen LogP contribution is -1.94. The van der Waals surface area contributed by atoms with Crippen LogP contribution in [0.5, 0.6) is 0 Å². The zero-order valence-corrected chi connectivity index (χ0v) is 11.2. The van der Waals surface area contributed by atoms with Gasteiger partial charge in [-0.1, -0.05) is 17.7 Å². The molecule has 2 aromatic heterocycles. The Labute approximate surface area is 113 Å². The van der Waals surface area contributed by atoms with E-state index in [4.69, 9.17) is 0 Å². The summed E-state index contributed by atoms with van der Waals surface area (Å²) in [6.07, 6.45) is 4.63. The van der Waals surface area contributed by atoms with E-state index in [0.717, 1.165) is 17.6 Å². The number of hydrogen-bond donors (Lipinski definition) is 0. The van der Waals surface area contributed by atoms with Crippen molar-refractivity contribution in [2.24, 2.45) is 0 Å². The number of benzene rings is 1. The van der Waals surface area contributed by atoms with Gasteiger partial charge in [-0.25, -0.2) is 0 Å². The quantitative estimate of drug-likeness (QED) is 0.688. The number of aryl methyl sites for hydroxylation is 2. The van der Waals surface area contributed by atoms with E-state index in [-0.39, 0.29) is 0 Å². The van der Waals surface area contributed by atoms with E-state index in [1.54, 1.807) is 0 Å². The smallest absolute Gasteiger partial charge is 0.0737 e. The Kier molecular flexibility index (Phi) is 3.00. The van der Waals surface area contributed by atoms with E-state index in [1.807, 2.05) is 25.4 Å². The van der Waals surface area contributed by atoms with Crippen LogP contribution in [0.1, 0.15) is 22.4 Å². The average Bonchev–Trinajstić information content (AvgIpc) is 2.38. The summed E-state index contributed by atoms with van der Waals surface area (Å²) in [5.41, 5.74) is 6.00. The number of aromatic nitrogens is 2. The van der Waals surface area contributed by atoms with Gasteiger partial charge in [0.25, 0.3) is 0 Å². The van der Waals surface area contributed by atoms with Crippen LogP contribution in [0.2, 0.25) is 0 Å².